The number of rotatable bonds is 5. The summed E-state index contributed by atoms with van der Waals surface area (Å²) in [6.07, 6.45) is 0.690. The van der Waals surface area contributed by atoms with Crippen molar-refractivity contribution in [1.29, 1.82) is 0 Å². The van der Waals surface area contributed by atoms with E-state index in [1.807, 2.05) is 31.2 Å². The molecular formula is C14H16FNO3. The van der Waals surface area contributed by atoms with Crippen LogP contribution in [0.4, 0.5) is 4.39 Å². The molecule has 2 N–H and O–H groups in total. The maximum Gasteiger partial charge on any atom is 0.328 e. The molecule has 2 rings (SSSR count). The Morgan fingerprint density at radius 3 is 2.74 bits per heavy atom. The number of alkyl halides is 1. The molecule has 0 saturated heterocycles. The molecule has 1 fully saturated rings. The van der Waals surface area contributed by atoms with E-state index in [0.717, 1.165) is 11.1 Å². The highest BCUT2D eigenvalue weighted by atomic mass is 19.1. The predicted molar refractivity (Wildman–Crippen MR) is 67.6 cm³/mol. The van der Waals surface area contributed by atoms with Crippen LogP contribution in [0.25, 0.3) is 0 Å². The Labute approximate surface area is 110 Å². The van der Waals surface area contributed by atoms with Crippen molar-refractivity contribution in [3.63, 3.8) is 0 Å². The van der Waals surface area contributed by atoms with Gasteiger partial charge in [-0.25, -0.2) is 9.18 Å². The van der Waals surface area contributed by atoms with Crippen LogP contribution in [0.15, 0.2) is 24.3 Å². The molecule has 1 saturated carbocycles. The summed E-state index contributed by atoms with van der Waals surface area (Å²) in [4.78, 5) is 22.5. The molecule has 3 unspecified atom stereocenters. The van der Waals surface area contributed by atoms with Crippen molar-refractivity contribution in [1.82, 2.24) is 5.32 Å². The standard InChI is InChI=1S/C14H16FNO3/c1-8-4-2-3-5-9(8)10-6-11(10)13(17)16-12(7-15)14(18)19/h2-5,10-12H,6-7H2,1H3,(H,16,17)(H,18,19). The van der Waals surface area contributed by atoms with Gasteiger partial charge in [-0.2, -0.15) is 0 Å². The fourth-order valence-electron chi connectivity index (χ4n) is 2.28. The molecule has 1 aromatic rings. The normalized spacial score (nSPS) is 22.6. The maximum absolute atomic E-state index is 12.4. The van der Waals surface area contributed by atoms with Crippen LogP contribution in [0.2, 0.25) is 0 Å². The summed E-state index contributed by atoms with van der Waals surface area (Å²) >= 11 is 0. The van der Waals surface area contributed by atoms with Crippen molar-refractivity contribution >= 4 is 11.9 Å². The molecule has 0 spiro atoms. The summed E-state index contributed by atoms with van der Waals surface area (Å²) in [7, 11) is 0. The molecule has 102 valence electrons. The van der Waals surface area contributed by atoms with Gasteiger partial charge in [-0.15, -0.1) is 0 Å². The Bertz CT molecular complexity index is 503. The Morgan fingerprint density at radius 2 is 2.16 bits per heavy atom. The van der Waals surface area contributed by atoms with Gasteiger partial charge in [0.05, 0.1) is 0 Å². The molecule has 1 aliphatic rings. The lowest BCUT2D eigenvalue weighted by Gasteiger charge is -2.11. The molecule has 19 heavy (non-hydrogen) atoms. The fourth-order valence-corrected chi connectivity index (χ4v) is 2.28. The van der Waals surface area contributed by atoms with E-state index < -0.39 is 18.7 Å². The van der Waals surface area contributed by atoms with Crippen LogP contribution < -0.4 is 5.32 Å². The van der Waals surface area contributed by atoms with Crippen LogP contribution in [0.3, 0.4) is 0 Å². The van der Waals surface area contributed by atoms with Gasteiger partial charge in [0.2, 0.25) is 5.91 Å². The smallest absolute Gasteiger partial charge is 0.328 e. The number of amides is 1. The number of hydrogen-bond acceptors (Lipinski definition) is 2. The molecule has 0 bridgehead atoms. The number of carbonyl (C=O) groups is 2. The zero-order valence-corrected chi connectivity index (χ0v) is 10.6. The first-order valence-corrected chi connectivity index (χ1v) is 6.19. The minimum atomic E-state index is -1.44. The van der Waals surface area contributed by atoms with Gasteiger partial charge in [0.15, 0.2) is 6.04 Å². The second-order valence-electron chi connectivity index (χ2n) is 4.86. The number of hydrogen-bond donors (Lipinski definition) is 2. The van der Waals surface area contributed by atoms with Crippen LogP contribution in [0.5, 0.6) is 0 Å². The lowest BCUT2D eigenvalue weighted by molar-refractivity contribution is -0.142. The van der Waals surface area contributed by atoms with Crippen molar-refractivity contribution in [2.45, 2.75) is 25.3 Å². The zero-order valence-electron chi connectivity index (χ0n) is 10.6. The zero-order chi connectivity index (χ0) is 14.0. The van der Waals surface area contributed by atoms with Crippen molar-refractivity contribution in [3.8, 4) is 0 Å². The second-order valence-corrected chi connectivity index (χ2v) is 4.86. The number of benzene rings is 1. The molecule has 0 aromatic heterocycles. The number of aliphatic carboxylic acids is 1. The Balaban J connectivity index is 1.98. The molecular weight excluding hydrogens is 249 g/mol. The number of nitrogens with one attached hydrogen (secondary N) is 1. The van der Waals surface area contributed by atoms with E-state index in [1.165, 1.54) is 0 Å². The summed E-state index contributed by atoms with van der Waals surface area (Å²) in [5.41, 5.74) is 2.22. The Morgan fingerprint density at radius 1 is 1.47 bits per heavy atom. The van der Waals surface area contributed by atoms with Gasteiger partial charge >= 0.3 is 5.97 Å². The van der Waals surface area contributed by atoms with E-state index in [4.69, 9.17) is 5.11 Å². The van der Waals surface area contributed by atoms with Gasteiger partial charge in [0, 0.05) is 5.92 Å². The topological polar surface area (TPSA) is 66.4 Å². The lowest BCUT2D eigenvalue weighted by atomic mass is 10.0. The SMILES string of the molecule is Cc1ccccc1C1CC1C(=O)NC(CF)C(=O)O. The second kappa shape index (κ2) is 5.38. The number of carbonyl (C=O) groups excluding carboxylic acids is 1. The summed E-state index contributed by atoms with van der Waals surface area (Å²) < 4.78 is 12.4. The predicted octanol–water partition coefficient (Wildman–Crippen LogP) is 1.64. The third-order valence-corrected chi connectivity index (χ3v) is 3.48. The quantitative estimate of drug-likeness (QED) is 0.850. The average molecular weight is 265 g/mol. The first-order valence-electron chi connectivity index (χ1n) is 6.19. The fraction of sp³-hybridized carbons (Fsp3) is 0.429. The highest BCUT2D eigenvalue weighted by Crippen LogP contribution is 2.48. The Kier molecular flexibility index (Phi) is 3.83. The van der Waals surface area contributed by atoms with E-state index in [2.05, 4.69) is 5.32 Å². The lowest BCUT2D eigenvalue weighted by Crippen LogP contribution is -2.43. The van der Waals surface area contributed by atoms with Gasteiger partial charge < -0.3 is 10.4 Å². The van der Waals surface area contributed by atoms with Gasteiger partial charge in [-0.05, 0) is 30.4 Å². The van der Waals surface area contributed by atoms with Crippen LogP contribution in [0.1, 0.15) is 23.5 Å². The van der Waals surface area contributed by atoms with Gasteiger partial charge in [0.1, 0.15) is 6.67 Å². The van der Waals surface area contributed by atoms with E-state index in [1.54, 1.807) is 0 Å². The van der Waals surface area contributed by atoms with Crippen molar-refractivity contribution in [2.24, 2.45) is 5.92 Å². The summed E-state index contributed by atoms with van der Waals surface area (Å²) in [6.45, 7) is 0.882. The van der Waals surface area contributed by atoms with Crippen LogP contribution in [-0.2, 0) is 9.59 Å². The molecule has 0 radical (unpaired) electrons. The van der Waals surface area contributed by atoms with E-state index >= 15 is 0 Å². The van der Waals surface area contributed by atoms with Gasteiger partial charge in [-0.1, -0.05) is 24.3 Å². The van der Waals surface area contributed by atoms with E-state index in [0.29, 0.717) is 6.42 Å². The minimum Gasteiger partial charge on any atom is -0.480 e. The summed E-state index contributed by atoms with van der Waals surface area (Å²) in [5.74, 6) is -1.84. The molecule has 1 amide bonds. The van der Waals surface area contributed by atoms with Crippen molar-refractivity contribution in [2.75, 3.05) is 6.67 Å². The molecule has 1 aromatic carbocycles. The molecule has 3 atom stereocenters. The van der Waals surface area contributed by atoms with Crippen molar-refractivity contribution in [3.05, 3.63) is 35.4 Å². The maximum atomic E-state index is 12.4. The average Bonchev–Trinajstić information content (AvgIpc) is 3.16. The molecule has 5 heteroatoms. The largest absolute Gasteiger partial charge is 0.480 e. The summed E-state index contributed by atoms with van der Waals surface area (Å²) in [5, 5.41) is 10.9. The number of carboxylic acids is 1. The molecule has 4 nitrogen and oxygen atoms in total. The van der Waals surface area contributed by atoms with Crippen LogP contribution >= 0.6 is 0 Å². The number of halogens is 1. The van der Waals surface area contributed by atoms with Crippen molar-refractivity contribution < 1.29 is 19.1 Å². The highest BCUT2D eigenvalue weighted by Gasteiger charge is 2.45. The van der Waals surface area contributed by atoms with Crippen LogP contribution in [-0.4, -0.2) is 29.7 Å². The summed E-state index contributed by atoms with van der Waals surface area (Å²) in [6, 6.07) is 6.35. The number of aryl methyl sites for hydroxylation is 1. The third-order valence-electron chi connectivity index (χ3n) is 3.48. The third kappa shape index (κ3) is 2.92. The van der Waals surface area contributed by atoms with E-state index in [9.17, 15) is 14.0 Å². The van der Waals surface area contributed by atoms with Crippen LogP contribution in [0, 0.1) is 12.8 Å². The molecule has 1 aliphatic carbocycles. The minimum absolute atomic E-state index is 0.121. The van der Waals surface area contributed by atoms with Gasteiger partial charge in [0.25, 0.3) is 0 Å². The first kappa shape index (κ1) is 13.5. The van der Waals surface area contributed by atoms with Gasteiger partial charge in [-0.3, -0.25) is 4.79 Å². The number of carboxylic acid groups (broad SMARTS) is 1. The monoisotopic (exact) mass is 265 g/mol. The highest BCUT2D eigenvalue weighted by molar-refractivity contribution is 5.87. The Hall–Kier alpha value is -1.91. The molecule has 0 aliphatic heterocycles. The van der Waals surface area contributed by atoms with E-state index in [-0.39, 0.29) is 17.7 Å². The first-order chi connectivity index (χ1) is 9.04. The molecule has 0 heterocycles.